The summed E-state index contributed by atoms with van der Waals surface area (Å²) in [6.45, 7) is 1.96. The highest BCUT2D eigenvalue weighted by atomic mass is 35.5. The van der Waals surface area contributed by atoms with Crippen LogP contribution in [-0.2, 0) is 4.74 Å². The number of anilines is 1. The van der Waals surface area contributed by atoms with Gasteiger partial charge in [-0.25, -0.2) is 9.98 Å². The predicted molar refractivity (Wildman–Crippen MR) is 143 cm³/mol. The molecule has 0 bridgehead atoms. The summed E-state index contributed by atoms with van der Waals surface area (Å²) in [5.41, 5.74) is 10.4. The van der Waals surface area contributed by atoms with Crippen LogP contribution in [-0.4, -0.2) is 47.3 Å². The molecule has 2 aromatic carbocycles. The van der Waals surface area contributed by atoms with Crippen LogP contribution in [0.4, 0.5) is 5.69 Å². The van der Waals surface area contributed by atoms with Gasteiger partial charge in [-0.2, -0.15) is 0 Å². The standard InChI is InChI=1S/C26H28Cl2N6O2/c27-23-15-34(16-31-23)21-9-6-18(29)14-22(21)36-13-12-35-11-10-30-25-20-8-7-19(17-4-2-1-3-5-17)24(20)32-26(28)33-25/h1-6,9,14-16,19,26,30,33H,7-8,10-13,29H2. The van der Waals surface area contributed by atoms with Crippen LogP contribution >= 0.6 is 23.2 Å². The van der Waals surface area contributed by atoms with Crippen molar-refractivity contribution in [1.29, 1.82) is 0 Å². The summed E-state index contributed by atoms with van der Waals surface area (Å²) in [4.78, 5) is 8.74. The highest BCUT2D eigenvalue weighted by molar-refractivity contribution is 6.29. The molecule has 188 valence electrons. The molecule has 10 heteroatoms. The maximum absolute atomic E-state index is 6.40. The van der Waals surface area contributed by atoms with Crippen molar-refractivity contribution in [1.82, 2.24) is 20.2 Å². The first-order valence-electron chi connectivity index (χ1n) is 11.9. The van der Waals surface area contributed by atoms with Crippen molar-refractivity contribution in [3.8, 4) is 11.4 Å². The van der Waals surface area contributed by atoms with Crippen molar-refractivity contribution < 1.29 is 9.47 Å². The number of nitrogens with zero attached hydrogens (tertiary/aromatic N) is 3. The van der Waals surface area contributed by atoms with E-state index in [-0.39, 0.29) is 5.92 Å². The Kier molecular flexibility index (Phi) is 7.65. The van der Waals surface area contributed by atoms with Gasteiger partial charge in [0, 0.05) is 36.0 Å². The Labute approximate surface area is 220 Å². The lowest BCUT2D eigenvalue weighted by atomic mass is 9.95. The van der Waals surface area contributed by atoms with Crippen molar-refractivity contribution in [2.24, 2.45) is 4.99 Å². The normalized spacial score (nSPS) is 19.0. The van der Waals surface area contributed by atoms with E-state index in [0.717, 1.165) is 30.1 Å². The van der Waals surface area contributed by atoms with Crippen LogP contribution in [0.1, 0.15) is 24.3 Å². The molecule has 0 radical (unpaired) electrons. The summed E-state index contributed by atoms with van der Waals surface area (Å²) in [6.07, 6.45) is 5.33. The number of allylic oxidation sites excluding steroid dienone is 1. The molecule has 0 saturated heterocycles. The minimum atomic E-state index is -0.484. The van der Waals surface area contributed by atoms with Gasteiger partial charge < -0.3 is 30.4 Å². The van der Waals surface area contributed by atoms with E-state index in [2.05, 4.69) is 44.9 Å². The number of nitrogens with two attached hydrogens (primary N) is 1. The SMILES string of the molecule is Nc1ccc(-n2cnc(Cl)c2)c(OCCOCCNC2=C3CCC(c4ccccc4)C3=NC(Cl)N2)c1. The number of halogens is 2. The molecule has 1 aromatic heterocycles. The third-order valence-electron chi connectivity index (χ3n) is 6.19. The molecule has 1 aliphatic heterocycles. The molecule has 1 saturated carbocycles. The van der Waals surface area contributed by atoms with Crippen LogP contribution in [0.5, 0.6) is 5.75 Å². The molecule has 1 fully saturated rings. The van der Waals surface area contributed by atoms with E-state index in [9.17, 15) is 0 Å². The number of ether oxygens (including phenoxy) is 2. The number of rotatable bonds is 10. The minimum Gasteiger partial charge on any atom is -0.489 e. The Bertz CT molecular complexity index is 1260. The van der Waals surface area contributed by atoms with Crippen LogP contribution in [0.25, 0.3) is 5.69 Å². The first-order chi connectivity index (χ1) is 17.6. The third-order valence-corrected chi connectivity index (χ3v) is 6.59. The Morgan fingerprint density at radius 2 is 2.00 bits per heavy atom. The average Bonchev–Trinajstić information content (AvgIpc) is 3.50. The fraction of sp³-hybridized carbons (Fsp3) is 0.308. The van der Waals surface area contributed by atoms with Gasteiger partial charge in [-0.05, 0) is 30.5 Å². The van der Waals surface area contributed by atoms with Gasteiger partial charge in [0.2, 0.25) is 0 Å². The zero-order valence-electron chi connectivity index (χ0n) is 19.7. The number of aliphatic imine (C=N–C) groups is 1. The fourth-order valence-electron chi connectivity index (χ4n) is 4.56. The highest BCUT2D eigenvalue weighted by Crippen LogP contribution is 2.38. The Balaban J connectivity index is 1.10. The highest BCUT2D eigenvalue weighted by Gasteiger charge is 2.34. The smallest absolute Gasteiger partial charge is 0.196 e. The molecule has 0 spiro atoms. The topological polar surface area (TPSA) is 98.7 Å². The Hall–Kier alpha value is -3.20. The lowest BCUT2D eigenvalue weighted by molar-refractivity contribution is 0.103. The molecule has 2 aliphatic rings. The summed E-state index contributed by atoms with van der Waals surface area (Å²) in [6, 6.07) is 15.9. The lowest BCUT2D eigenvalue weighted by Crippen LogP contribution is -2.38. The zero-order valence-corrected chi connectivity index (χ0v) is 21.2. The van der Waals surface area contributed by atoms with E-state index in [1.807, 2.05) is 12.1 Å². The van der Waals surface area contributed by atoms with Crippen molar-refractivity contribution in [2.45, 2.75) is 24.4 Å². The summed E-state index contributed by atoms with van der Waals surface area (Å²) in [5.74, 6) is 1.87. The molecule has 2 atom stereocenters. The van der Waals surface area contributed by atoms with Crippen molar-refractivity contribution in [2.75, 3.05) is 32.1 Å². The maximum atomic E-state index is 6.40. The van der Waals surface area contributed by atoms with E-state index in [0.29, 0.717) is 43.0 Å². The van der Waals surface area contributed by atoms with Gasteiger partial charge in [-0.15, -0.1) is 0 Å². The summed E-state index contributed by atoms with van der Waals surface area (Å²) >= 11 is 12.4. The van der Waals surface area contributed by atoms with E-state index in [4.69, 9.17) is 38.4 Å². The molecule has 5 rings (SSSR count). The number of nitrogens with one attached hydrogen (secondary N) is 2. The molecule has 0 amide bonds. The second-order valence-corrected chi connectivity index (χ2v) is 9.37. The van der Waals surface area contributed by atoms with Gasteiger partial charge in [0.25, 0.3) is 0 Å². The monoisotopic (exact) mass is 526 g/mol. The van der Waals surface area contributed by atoms with Crippen LogP contribution < -0.4 is 21.1 Å². The molecule has 4 N–H and O–H groups in total. The van der Waals surface area contributed by atoms with E-state index in [1.54, 1.807) is 29.2 Å². The number of hydrogen-bond acceptors (Lipinski definition) is 7. The van der Waals surface area contributed by atoms with Gasteiger partial charge in [0.05, 0.1) is 24.6 Å². The summed E-state index contributed by atoms with van der Waals surface area (Å²) < 4.78 is 13.5. The Morgan fingerprint density at radius 1 is 1.14 bits per heavy atom. The predicted octanol–water partition coefficient (Wildman–Crippen LogP) is 4.45. The molecule has 3 aromatic rings. The van der Waals surface area contributed by atoms with Gasteiger partial charge in [-0.1, -0.05) is 53.5 Å². The molecular weight excluding hydrogens is 499 g/mol. The molecule has 2 heterocycles. The molecule has 1 aliphatic carbocycles. The zero-order chi connectivity index (χ0) is 24.9. The van der Waals surface area contributed by atoms with E-state index in [1.165, 1.54) is 11.1 Å². The van der Waals surface area contributed by atoms with E-state index >= 15 is 0 Å². The van der Waals surface area contributed by atoms with Gasteiger partial charge in [0.15, 0.2) is 5.62 Å². The van der Waals surface area contributed by atoms with Crippen molar-refractivity contribution in [3.63, 3.8) is 0 Å². The number of alkyl halides is 1. The maximum Gasteiger partial charge on any atom is 0.196 e. The first kappa shape index (κ1) is 24.5. The molecular formula is C26H28Cl2N6O2. The second-order valence-electron chi connectivity index (χ2n) is 8.57. The quantitative estimate of drug-likeness (QED) is 0.156. The largest absolute Gasteiger partial charge is 0.489 e. The minimum absolute atomic E-state index is 0.282. The van der Waals surface area contributed by atoms with E-state index < -0.39 is 5.62 Å². The first-order valence-corrected chi connectivity index (χ1v) is 12.7. The van der Waals surface area contributed by atoms with Gasteiger partial charge in [0.1, 0.15) is 29.7 Å². The number of imidazole rings is 1. The van der Waals surface area contributed by atoms with Gasteiger partial charge in [-0.3, -0.25) is 0 Å². The summed E-state index contributed by atoms with van der Waals surface area (Å²) in [5, 5.41) is 7.10. The van der Waals surface area contributed by atoms with Crippen LogP contribution in [0.2, 0.25) is 5.15 Å². The average molecular weight is 527 g/mol. The van der Waals surface area contributed by atoms with Gasteiger partial charge >= 0.3 is 0 Å². The number of fused-ring (bicyclic) bond motifs is 1. The molecule has 36 heavy (non-hydrogen) atoms. The van der Waals surface area contributed by atoms with Crippen LogP contribution in [0, 0.1) is 0 Å². The summed E-state index contributed by atoms with van der Waals surface area (Å²) in [7, 11) is 0. The number of aromatic nitrogens is 2. The molecule has 8 nitrogen and oxygen atoms in total. The van der Waals surface area contributed by atoms with Crippen molar-refractivity contribution in [3.05, 3.63) is 83.2 Å². The van der Waals surface area contributed by atoms with Crippen LogP contribution in [0.3, 0.4) is 0 Å². The number of nitrogen functional groups attached to an aromatic ring is 1. The van der Waals surface area contributed by atoms with Crippen molar-refractivity contribution >= 4 is 34.6 Å². The second kappa shape index (κ2) is 11.2. The lowest BCUT2D eigenvalue weighted by Gasteiger charge is -2.25. The third kappa shape index (κ3) is 5.61. The molecule has 2 unspecified atom stereocenters. The number of benzene rings is 2. The number of hydrogen-bond donors (Lipinski definition) is 3. The fourth-order valence-corrected chi connectivity index (χ4v) is 4.93. The Morgan fingerprint density at radius 3 is 2.81 bits per heavy atom. The van der Waals surface area contributed by atoms with Crippen LogP contribution in [0.15, 0.2) is 77.4 Å².